The van der Waals surface area contributed by atoms with Crippen molar-refractivity contribution in [2.75, 3.05) is 0 Å². The van der Waals surface area contributed by atoms with Gasteiger partial charge in [0.15, 0.2) is 0 Å². The number of halogens is 1. The predicted molar refractivity (Wildman–Crippen MR) is 124 cm³/mol. The van der Waals surface area contributed by atoms with Gasteiger partial charge in [-0.25, -0.2) is 0 Å². The maximum Gasteiger partial charge on any atom is 0.271 e. The molecule has 0 aliphatic heterocycles. The number of para-hydroxylation sites is 2. The largest absolute Gasteiger partial charge is 0.507 e. The quantitative estimate of drug-likeness (QED) is 0.266. The lowest BCUT2D eigenvalue weighted by molar-refractivity contribution is 0.469. The van der Waals surface area contributed by atoms with Gasteiger partial charge in [0.05, 0.1) is 0 Å². The van der Waals surface area contributed by atoms with E-state index >= 15 is 0 Å². The zero-order valence-electron chi connectivity index (χ0n) is 16.0. The third-order valence-corrected chi connectivity index (χ3v) is 3.98. The van der Waals surface area contributed by atoms with Gasteiger partial charge in [-0.3, -0.25) is 0 Å². The summed E-state index contributed by atoms with van der Waals surface area (Å²) in [6.07, 6.45) is 0. The van der Waals surface area contributed by atoms with Crippen molar-refractivity contribution in [1.29, 1.82) is 0 Å². The van der Waals surface area contributed by atoms with Gasteiger partial charge in [0.2, 0.25) is 0 Å². The Balaban J connectivity index is 0.000000183. The molecule has 4 nitrogen and oxygen atoms in total. The van der Waals surface area contributed by atoms with E-state index in [1.54, 1.807) is 36.4 Å². The molecule has 0 saturated carbocycles. The Labute approximate surface area is 182 Å². The van der Waals surface area contributed by atoms with Crippen molar-refractivity contribution in [2.24, 2.45) is 0 Å². The molecule has 0 bridgehead atoms. The summed E-state index contributed by atoms with van der Waals surface area (Å²) < 4.78 is 0. The molecule has 0 fully saturated rings. The number of aromatic hydroxyl groups is 2. The monoisotopic (exact) mass is 440 g/mol. The second-order valence-electron chi connectivity index (χ2n) is 6.01. The molecule has 154 valence electrons. The summed E-state index contributed by atoms with van der Waals surface area (Å²) in [4.78, 5) is 14.9. The van der Waals surface area contributed by atoms with Gasteiger partial charge in [-0.2, -0.15) is 0 Å². The highest BCUT2D eigenvalue weighted by Gasteiger charge is 2.06. The number of hydrogen-bond donors (Lipinski definition) is 4. The standard InChI is InChI=1S/C12H10O2.C12H10.ClH2O2P/c13-11-7-3-1-5-9(11)10-6-2-4-8-12(10)14;1-3-7-11(8-4-1)12-9-5-2-6-10-12;1-4(2)3/h1-8,13-14H;1-10H;2-3H. The topological polar surface area (TPSA) is 80.9 Å². The van der Waals surface area contributed by atoms with Crippen LogP contribution in [0.4, 0.5) is 0 Å². The predicted octanol–water partition coefficient (Wildman–Crippen LogP) is 6.56. The molecule has 6 heteroatoms. The Bertz CT molecular complexity index is 928. The molecule has 4 aromatic rings. The molecular formula is C24H22ClO4P. The minimum absolute atomic E-state index is 0.175. The average molecular weight is 441 g/mol. The van der Waals surface area contributed by atoms with Crippen molar-refractivity contribution in [3.8, 4) is 33.8 Å². The molecule has 0 aromatic heterocycles. The first-order valence-corrected chi connectivity index (χ1v) is 11.1. The number of phenols is 2. The van der Waals surface area contributed by atoms with E-state index in [0.29, 0.717) is 11.1 Å². The lowest BCUT2D eigenvalue weighted by Crippen LogP contribution is -1.79. The van der Waals surface area contributed by atoms with Gasteiger partial charge < -0.3 is 20.0 Å². The molecule has 0 aliphatic rings. The van der Waals surface area contributed by atoms with E-state index < -0.39 is 7.73 Å². The van der Waals surface area contributed by atoms with Crippen LogP contribution >= 0.6 is 19.0 Å². The minimum Gasteiger partial charge on any atom is -0.507 e. The lowest BCUT2D eigenvalue weighted by Gasteiger charge is -2.05. The van der Waals surface area contributed by atoms with Crippen molar-refractivity contribution in [1.82, 2.24) is 0 Å². The molecule has 4 aromatic carbocycles. The first kappa shape index (κ1) is 23.4. The smallest absolute Gasteiger partial charge is 0.271 e. The SMILES string of the molecule is OP(O)Cl.Oc1ccccc1-c1ccccc1O.c1ccc(-c2ccccc2)cc1. The molecule has 0 aliphatic carbocycles. The second kappa shape index (κ2) is 12.6. The van der Waals surface area contributed by atoms with Crippen LogP contribution in [0.15, 0.2) is 109 Å². The number of phenolic OH excluding ortho intramolecular Hbond substituents is 2. The first-order valence-electron chi connectivity index (χ1n) is 8.99. The molecule has 30 heavy (non-hydrogen) atoms. The summed E-state index contributed by atoms with van der Waals surface area (Å²) in [5.74, 6) is 0.350. The maximum atomic E-state index is 9.58. The van der Waals surface area contributed by atoms with E-state index in [2.05, 4.69) is 59.8 Å². The average Bonchev–Trinajstić information content (AvgIpc) is 2.76. The normalized spacial score (nSPS) is 9.73. The summed E-state index contributed by atoms with van der Waals surface area (Å²) in [5.41, 5.74) is 3.84. The van der Waals surface area contributed by atoms with Crippen molar-refractivity contribution in [3.05, 3.63) is 109 Å². The highest BCUT2D eigenvalue weighted by molar-refractivity contribution is 7.74. The number of benzene rings is 4. The zero-order chi connectivity index (χ0) is 21.8. The van der Waals surface area contributed by atoms with Crippen LogP contribution in [0.2, 0.25) is 0 Å². The third-order valence-electron chi connectivity index (χ3n) is 3.98. The molecule has 0 amide bonds. The van der Waals surface area contributed by atoms with E-state index in [0.717, 1.165) is 0 Å². The Morgan fingerprint density at radius 3 is 1.03 bits per heavy atom. The number of hydrogen-bond acceptors (Lipinski definition) is 4. The van der Waals surface area contributed by atoms with Gasteiger partial charge in [0.1, 0.15) is 11.5 Å². The van der Waals surface area contributed by atoms with Gasteiger partial charge in [-0.15, -0.1) is 0 Å². The van der Waals surface area contributed by atoms with Gasteiger partial charge in [0, 0.05) is 11.1 Å². The van der Waals surface area contributed by atoms with Crippen LogP contribution in [0.3, 0.4) is 0 Å². The van der Waals surface area contributed by atoms with E-state index in [9.17, 15) is 10.2 Å². The van der Waals surface area contributed by atoms with E-state index in [4.69, 9.17) is 9.79 Å². The lowest BCUT2D eigenvalue weighted by atomic mass is 10.0. The Kier molecular flexibility index (Phi) is 9.85. The molecule has 0 saturated heterocycles. The van der Waals surface area contributed by atoms with Gasteiger partial charge >= 0.3 is 0 Å². The van der Waals surface area contributed by atoms with Crippen LogP contribution in [0.1, 0.15) is 0 Å². The molecule has 0 radical (unpaired) electrons. The van der Waals surface area contributed by atoms with Gasteiger partial charge in [0.25, 0.3) is 7.73 Å². The summed E-state index contributed by atoms with van der Waals surface area (Å²) in [7, 11) is -2.15. The molecule has 0 heterocycles. The maximum absolute atomic E-state index is 9.58. The highest BCUT2D eigenvalue weighted by atomic mass is 35.7. The van der Waals surface area contributed by atoms with Crippen LogP contribution in [0.25, 0.3) is 22.3 Å². The second-order valence-corrected chi connectivity index (χ2v) is 7.40. The fourth-order valence-corrected chi connectivity index (χ4v) is 2.66. The van der Waals surface area contributed by atoms with Crippen LogP contribution in [0.5, 0.6) is 11.5 Å². The van der Waals surface area contributed by atoms with Crippen molar-refractivity contribution in [3.63, 3.8) is 0 Å². The van der Waals surface area contributed by atoms with E-state index in [-0.39, 0.29) is 11.5 Å². The van der Waals surface area contributed by atoms with Gasteiger partial charge in [-0.1, -0.05) is 97.1 Å². The van der Waals surface area contributed by atoms with E-state index in [1.165, 1.54) is 11.1 Å². The fourth-order valence-electron chi connectivity index (χ4n) is 2.66. The minimum atomic E-state index is -2.15. The highest BCUT2D eigenvalue weighted by Crippen LogP contribution is 2.34. The summed E-state index contributed by atoms with van der Waals surface area (Å²) in [5, 5.41) is 19.2. The molecular weight excluding hydrogens is 419 g/mol. The van der Waals surface area contributed by atoms with Crippen LogP contribution in [-0.4, -0.2) is 20.0 Å². The van der Waals surface area contributed by atoms with Crippen molar-refractivity contribution >= 4 is 19.0 Å². The van der Waals surface area contributed by atoms with Crippen LogP contribution in [0, 0.1) is 0 Å². The number of rotatable bonds is 2. The Morgan fingerprint density at radius 1 is 0.467 bits per heavy atom. The Morgan fingerprint density at radius 2 is 0.733 bits per heavy atom. The summed E-state index contributed by atoms with van der Waals surface area (Å²) in [6.45, 7) is 0. The zero-order valence-corrected chi connectivity index (χ0v) is 17.7. The molecule has 0 atom stereocenters. The molecule has 0 unspecified atom stereocenters. The first-order chi connectivity index (χ1) is 14.5. The van der Waals surface area contributed by atoms with Crippen molar-refractivity contribution in [2.45, 2.75) is 0 Å². The van der Waals surface area contributed by atoms with Gasteiger partial charge in [-0.05, 0) is 34.5 Å². The molecule has 4 N–H and O–H groups in total. The van der Waals surface area contributed by atoms with Crippen LogP contribution < -0.4 is 0 Å². The van der Waals surface area contributed by atoms with Crippen molar-refractivity contribution < 1.29 is 20.0 Å². The van der Waals surface area contributed by atoms with E-state index in [1.807, 2.05) is 24.3 Å². The third kappa shape index (κ3) is 7.86. The fraction of sp³-hybridized carbons (Fsp3) is 0. The summed E-state index contributed by atoms with van der Waals surface area (Å²) in [6, 6.07) is 34.7. The molecule has 4 rings (SSSR count). The Hall–Kier alpha value is -2.88. The molecule has 0 spiro atoms. The van der Waals surface area contributed by atoms with Crippen LogP contribution in [-0.2, 0) is 0 Å². The summed E-state index contributed by atoms with van der Waals surface area (Å²) >= 11 is 4.45.